The Morgan fingerprint density at radius 1 is 1.20 bits per heavy atom. The topological polar surface area (TPSA) is 43.3 Å². The molecule has 0 bridgehead atoms. The van der Waals surface area contributed by atoms with Gasteiger partial charge in [-0.05, 0) is 13.8 Å². The Hall–Kier alpha value is -0.160. The molecule has 0 fully saturated rings. The standard InChI is InChI=1S/C11H27N2O2/c1-10(2)12(6,7)9-13(14,15)8-11(3,4)5/h10,14H,8-9H2,1-7H3/q+1. The molecule has 0 saturated carbocycles. The predicted molar refractivity (Wildman–Crippen MR) is 61.8 cm³/mol. The highest BCUT2D eigenvalue weighted by Crippen LogP contribution is 2.21. The molecule has 0 heterocycles. The van der Waals surface area contributed by atoms with Crippen LogP contribution >= 0.6 is 0 Å². The quantitative estimate of drug-likeness (QED) is 0.447. The molecule has 0 spiro atoms. The molecule has 0 aliphatic heterocycles. The number of hydrogen-bond donors (Lipinski definition) is 1. The lowest BCUT2D eigenvalue weighted by atomic mass is 9.97. The fourth-order valence-corrected chi connectivity index (χ4v) is 1.52. The summed E-state index contributed by atoms with van der Waals surface area (Å²) in [5.41, 5.74) is -0.159. The lowest BCUT2D eigenvalue weighted by Crippen LogP contribution is -2.59. The van der Waals surface area contributed by atoms with E-state index in [-0.39, 0.29) is 18.6 Å². The van der Waals surface area contributed by atoms with Gasteiger partial charge in [0.1, 0.15) is 6.54 Å². The maximum absolute atomic E-state index is 11.9. The molecule has 1 unspecified atom stereocenters. The summed E-state index contributed by atoms with van der Waals surface area (Å²) in [6, 6.07) is 0.323. The van der Waals surface area contributed by atoms with E-state index < -0.39 is 4.81 Å². The molecule has 0 amide bonds. The molecule has 0 aliphatic carbocycles. The van der Waals surface area contributed by atoms with E-state index in [9.17, 15) is 10.4 Å². The largest absolute Gasteiger partial charge is 0.594 e. The van der Waals surface area contributed by atoms with Gasteiger partial charge in [-0.1, -0.05) is 20.8 Å². The Morgan fingerprint density at radius 3 is 1.87 bits per heavy atom. The molecule has 0 saturated heterocycles. The van der Waals surface area contributed by atoms with Crippen LogP contribution in [0.4, 0.5) is 0 Å². The van der Waals surface area contributed by atoms with E-state index in [2.05, 4.69) is 13.8 Å². The van der Waals surface area contributed by atoms with E-state index >= 15 is 0 Å². The fourth-order valence-electron chi connectivity index (χ4n) is 1.52. The summed E-state index contributed by atoms with van der Waals surface area (Å²) >= 11 is 0. The molecule has 1 N–H and O–H groups in total. The van der Waals surface area contributed by atoms with Gasteiger partial charge in [0.15, 0.2) is 0 Å². The zero-order valence-corrected chi connectivity index (χ0v) is 11.2. The Balaban J connectivity index is 4.51. The minimum Gasteiger partial charge on any atom is -0.594 e. The Kier molecular flexibility index (Phi) is 4.33. The summed E-state index contributed by atoms with van der Waals surface area (Å²) in [5.74, 6) is 0. The van der Waals surface area contributed by atoms with Gasteiger partial charge in [0.25, 0.3) is 0 Å². The van der Waals surface area contributed by atoms with Gasteiger partial charge in [0.2, 0.25) is 6.67 Å². The molecule has 92 valence electrons. The highest BCUT2D eigenvalue weighted by molar-refractivity contribution is 4.58. The van der Waals surface area contributed by atoms with Crippen LogP contribution in [0, 0.1) is 10.6 Å². The van der Waals surface area contributed by atoms with Crippen LogP contribution < -0.4 is 0 Å². The van der Waals surface area contributed by atoms with Crippen LogP contribution in [0.1, 0.15) is 34.6 Å². The van der Waals surface area contributed by atoms with E-state index in [1.807, 2.05) is 34.9 Å². The molecule has 0 aromatic rings. The molecule has 0 rings (SSSR count). The van der Waals surface area contributed by atoms with Crippen LogP contribution in [0.15, 0.2) is 0 Å². The summed E-state index contributed by atoms with van der Waals surface area (Å²) in [6.45, 7) is 10.4. The second-order valence-electron chi connectivity index (χ2n) is 6.58. The number of hydroxylamine groups is 4. The molecule has 1 atom stereocenters. The van der Waals surface area contributed by atoms with Crippen LogP contribution in [0.2, 0.25) is 0 Å². The SMILES string of the molecule is CC(C)[N+](C)(C)C[N+]([O-])(O)CC(C)(C)C. The van der Waals surface area contributed by atoms with Gasteiger partial charge in [-0.3, -0.25) is 4.48 Å². The van der Waals surface area contributed by atoms with Crippen molar-refractivity contribution in [3.8, 4) is 0 Å². The van der Waals surface area contributed by atoms with Crippen molar-refractivity contribution in [1.82, 2.24) is 0 Å². The summed E-state index contributed by atoms with van der Waals surface area (Å²) in [4.78, 5) is -1.16. The van der Waals surface area contributed by atoms with Crippen molar-refractivity contribution in [2.75, 3.05) is 27.3 Å². The van der Waals surface area contributed by atoms with Crippen molar-refractivity contribution in [3.63, 3.8) is 0 Å². The average Bonchev–Trinajstić information content (AvgIpc) is 1.75. The normalized spacial score (nSPS) is 18.0. The average molecular weight is 219 g/mol. The first kappa shape index (κ1) is 14.8. The maximum Gasteiger partial charge on any atom is 0.236 e. The minimum atomic E-state index is -1.16. The fraction of sp³-hybridized carbons (Fsp3) is 1.00. The first-order valence-corrected chi connectivity index (χ1v) is 5.49. The van der Waals surface area contributed by atoms with Gasteiger partial charge in [-0.15, -0.1) is 0 Å². The number of rotatable bonds is 4. The summed E-state index contributed by atoms with van der Waals surface area (Å²) in [7, 11) is 3.93. The van der Waals surface area contributed by atoms with Gasteiger partial charge in [-0.2, -0.15) is 4.81 Å². The van der Waals surface area contributed by atoms with Crippen molar-refractivity contribution >= 4 is 0 Å². The Morgan fingerprint density at radius 2 is 1.60 bits per heavy atom. The van der Waals surface area contributed by atoms with Crippen molar-refractivity contribution in [2.45, 2.75) is 40.7 Å². The maximum atomic E-state index is 11.9. The zero-order chi connectivity index (χ0) is 12.5. The number of nitrogens with zero attached hydrogens (tertiary/aromatic N) is 2. The molecular formula is C11H27N2O2+. The minimum absolute atomic E-state index is 0.159. The van der Waals surface area contributed by atoms with E-state index in [4.69, 9.17) is 0 Å². The monoisotopic (exact) mass is 219 g/mol. The van der Waals surface area contributed by atoms with E-state index in [0.717, 1.165) is 0 Å². The summed E-state index contributed by atoms with van der Waals surface area (Å²) in [6.07, 6.45) is 0. The van der Waals surface area contributed by atoms with Crippen LogP contribution in [0.5, 0.6) is 0 Å². The van der Waals surface area contributed by atoms with Crippen molar-refractivity contribution in [2.24, 2.45) is 5.41 Å². The van der Waals surface area contributed by atoms with Gasteiger partial charge in [0, 0.05) is 5.41 Å². The molecule has 0 aromatic heterocycles. The number of hydrogen-bond acceptors (Lipinski definition) is 2. The lowest BCUT2D eigenvalue weighted by Gasteiger charge is -2.44. The molecule has 0 radical (unpaired) electrons. The Bertz CT molecular complexity index is 205. The molecular weight excluding hydrogens is 192 g/mol. The summed E-state index contributed by atoms with van der Waals surface area (Å²) in [5, 5.41) is 21.7. The van der Waals surface area contributed by atoms with Crippen LogP contribution in [-0.2, 0) is 0 Å². The molecule has 0 aliphatic rings. The molecule has 4 nitrogen and oxygen atoms in total. The van der Waals surface area contributed by atoms with Crippen LogP contribution in [0.25, 0.3) is 0 Å². The highest BCUT2D eigenvalue weighted by Gasteiger charge is 2.33. The number of quaternary nitrogens is 2. The van der Waals surface area contributed by atoms with E-state index in [1.165, 1.54) is 0 Å². The Labute approximate surface area is 93.8 Å². The highest BCUT2D eigenvalue weighted by atomic mass is 16.8. The van der Waals surface area contributed by atoms with Gasteiger partial charge >= 0.3 is 0 Å². The van der Waals surface area contributed by atoms with Crippen LogP contribution in [0.3, 0.4) is 0 Å². The molecule has 4 heteroatoms. The first-order valence-electron chi connectivity index (χ1n) is 5.49. The predicted octanol–water partition coefficient (Wildman–Crippen LogP) is 2.18. The lowest BCUT2D eigenvalue weighted by molar-refractivity contribution is -1.17. The van der Waals surface area contributed by atoms with E-state index in [0.29, 0.717) is 10.5 Å². The zero-order valence-electron chi connectivity index (χ0n) is 11.2. The van der Waals surface area contributed by atoms with Gasteiger partial charge < -0.3 is 5.21 Å². The molecule has 0 aromatic carbocycles. The smallest absolute Gasteiger partial charge is 0.236 e. The first-order chi connectivity index (χ1) is 6.36. The van der Waals surface area contributed by atoms with Crippen LogP contribution in [-0.4, -0.2) is 47.9 Å². The van der Waals surface area contributed by atoms with Crippen molar-refractivity contribution in [3.05, 3.63) is 5.21 Å². The second-order valence-corrected chi connectivity index (χ2v) is 6.58. The third-order valence-corrected chi connectivity index (χ3v) is 2.70. The van der Waals surface area contributed by atoms with Crippen molar-refractivity contribution in [1.29, 1.82) is 0 Å². The third-order valence-electron chi connectivity index (χ3n) is 2.70. The molecule has 15 heavy (non-hydrogen) atoms. The van der Waals surface area contributed by atoms with Gasteiger partial charge in [-0.25, -0.2) is 5.21 Å². The van der Waals surface area contributed by atoms with Crippen molar-refractivity contribution < 1.29 is 14.5 Å². The summed E-state index contributed by atoms with van der Waals surface area (Å²) < 4.78 is 0.524. The van der Waals surface area contributed by atoms with Gasteiger partial charge in [0.05, 0.1) is 20.1 Å². The third kappa shape index (κ3) is 6.10. The second kappa shape index (κ2) is 4.37. The van der Waals surface area contributed by atoms with E-state index in [1.54, 1.807) is 0 Å².